The van der Waals surface area contributed by atoms with Crippen molar-refractivity contribution in [3.63, 3.8) is 0 Å². The average Bonchev–Trinajstić information content (AvgIpc) is 2.48. The van der Waals surface area contributed by atoms with Crippen LogP contribution in [0.15, 0.2) is 17.6 Å². The predicted octanol–water partition coefficient (Wildman–Crippen LogP) is 2.82. The summed E-state index contributed by atoms with van der Waals surface area (Å²) in [7, 11) is 6.26. The Kier molecular flexibility index (Phi) is 17.9. The molecule has 23 heavy (non-hydrogen) atoms. The molecule has 1 unspecified atom stereocenters. The van der Waals surface area contributed by atoms with Crippen LogP contribution >= 0.6 is 24.0 Å². The monoisotopic (exact) mass is 440 g/mol. The topological polar surface area (TPSA) is 40.1 Å². The zero-order valence-corrected chi connectivity index (χ0v) is 18.0. The highest BCUT2D eigenvalue weighted by molar-refractivity contribution is 14.0. The first kappa shape index (κ1) is 24.9. The molecule has 1 atom stereocenters. The lowest BCUT2D eigenvalue weighted by Crippen LogP contribution is -2.40. The van der Waals surface area contributed by atoms with E-state index in [4.69, 9.17) is 9.73 Å². The number of halogens is 1. The Hall–Kier alpha value is -0.340. The third kappa shape index (κ3) is 13.8. The van der Waals surface area contributed by atoms with Crippen molar-refractivity contribution >= 4 is 29.9 Å². The Morgan fingerprint density at radius 1 is 1.26 bits per heavy atom. The SMILES string of the molecule is C=CCCCN(C)C(=NCC(CCN(C)C)OCC)NCC.I. The van der Waals surface area contributed by atoms with Crippen LogP contribution in [0.4, 0.5) is 0 Å². The largest absolute Gasteiger partial charge is 0.377 e. The second-order valence-corrected chi connectivity index (χ2v) is 5.72. The molecule has 0 aliphatic carbocycles. The van der Waals surface area contributed by atoms with Gasteiger partial charge in [-0.05, 0) is 47.2 Å². The Bertz CT molecular complexity index is 311. The molecule has 0 aliphatic heterocycles. The van der Waals surface area contributed by atoms with Crippen LogP contribution in [0, 0.1) is 0 Å². The number of allylic oxidation sites excluding steroid dienone is 1. The Labute approximate surface area is 160 Å². The second kappa shape index (κ2) is 16.5. The number of nitrogens with one attached hydrogen (secondary N) is 1. The van der Waals surface area contributed by atoms with E-state index in [-0.39, 0.29) is 30.1 Å². The molecule has 0 saturated heterocycles. The van der Waals surface area contributed by atoms with Crippen LogP contribution in [0.25, 0.3) is 0 Å². The molecule has 5 nitrogen and oxygen atoms in total. The maximum atomic E-state index is 5.81. The van der Waals surface area contributed by atoms with Crippen molar-refractivity contribution in [2.24, 2.45) is 4.99 Å². The first-order chi connectivity index (χ1) is 10.5. The first-order valence-electron chi connectivity index (χ1n) is 8.41. The van der Waals surface area contributed by atoms with Gasteiger partial charge in [-0.25, -0.2) is 0 Å². The molecule has 1 N–H and O–H groups in total. The van der Waals surface area contributed by atoms with Gasteiger partial charge in [-0.15, -0.1) is 30.6 Å². The number of hydrogen-bond donors (Lipinski definition) is 1. The summed E-state index contributed by atoms with van der Waals surface area (Å²) in [6, 6.07) is 0. The number of unbranched alkanes of at least 4 members (excludes halogenated alkanes) is 1. The standard InChI is InChI=1S/C17H36N4O.HI/c1-7-10-11-13-21(6)17(18-8-2)19-15-16(22-9-3)12-14-20(4)5;/h7,16H,1,8-15H2,2-6H3,(H,18,19);1H. The Balaban J connectivity index is 0. The molecule has 6 heteroatoms. The molecular weight excluding hydrogens is 403 g/mol. The van der Waals surface area contributed by atoms with Crippen LogP contribution in [-0.4, -0.2) is 75.8 Å². The Morgan fingerprint density at radius 2 is 1.96 bits per heavy atom. The summed E-state index contributed by atoms with van der Waals surface area (Å²) in [5, 5.41) is 3.36. The highest BCUT2D eigenvalue weighted by Crippen LogP contribution is 2.02. The van der Waals surface area contributed by atoms with Gasteiger partial charge < -0.3 is 19.9 Å². The van der Waals surface area contributed by atoms with E-state index in [1.807, 2.05) is 13.0 Å². The fourth-order valence-electron chi connectivity index (χ4n) is 2.10. The molecule has 0 rings (SSSR count). The highest BCUT2D eigenvalue weighted by atomic mass is 127. The number of nitrogens with zero attached hydrogens (tertiary/aromatic N) is 3. The molecule has 0 bridgehead atoms. The molecule has 138 valence electrons. The van der Waals surface area contributed by atoms with Crippen molar-refractivity contribution in [3.8, 4) is 0 Å². The molecule has 0 radical (unpaired) electrons. The summed E-state index contributed by atoms with van der Waals surface area (Å²) >= 11 is 0. The summed E-state index contributed by atoms with van der Waals surface area (Å²) in [4.78, 5) is 9.12. The van der Waals surface area contributed by atoms with Gasteiger partial charge >= 0.3 is 0 Å². The van der Waals surface area contributed by atoms with E-state index in [1.54, 1.807) is 0 Å². The Morgan fingerprint density at radius 3 is 2.48 bits per heavy atom. The smallest absolute Gasteiger partial charge is 0.193 e. The zero-order valence-electron chi connectivity index (χ0n) is 15.7. The molecule has 0 aliphatic rings. The molecule has 0 saturated carbocycles. The van der Waals surface area contributed by atoms with Crippen molar-refractivity contribution in [1.29, 1.82) is 0 Å². The fourth-order valence-corrected chi connectivity index (χ4v) is 2.10. The van der Waals surface area contributed by atoms with E-state index in [2.05, 4.69) is 49.8 Å². The summed E-state index contributed by atoms with van der Waals surface area (Å²) in [5.74, 6) is 0.959. The van der Waals surface area contributed by atoms with Gasteiger partial charge in [0.05, 0.1) is 12.6 Å². The highest BCUT2D eigenvalue weighted by Gasteiger charge is 2.11. The van der Waals surface area contributed by atoms with Crippen LogP contribution in [0.5, 0.6) is 0 Å². The lowest BCUT2D eigenvalue weighted by Gasteiger charge is -2.23. The zero-order chi connectivity index (χ0) is 16.8. The van der Waals surface area contributed by atoms with Gasteiger partial charge in [0.15, 0.2) is 5.96 Å². The summed E-state index contributed by atoms with van der Waals surface area (Å²) in [5.41, 5.74) is 0. The van der Waals surface area contributed by atoms with Crippen LogP contribution in [0.3, 0.4) is 0 Å². The van der Waals surface area contributed by atoms with Gasteiger partial charge in [0.25, 0.3) is 0 Å². The minimum absolute atomic E-state index is 0. The minimum Gasteiger partial charge on any atom is -0.377 e. The maximum Gasteiger partial charge on any atom is 0.193 e. The van der Waals surface area contributed by atoms with Gasteiger partial charge in [-0.1, -0.05) is 6.08 Å². The van der Waals surface area contributed by atoms with Crippen LogP contribution in [0.1, 0.15) is 33.1 Å². The van der Waals surface area contributed by atoms with Crippen molar-refractivity contribution < 1.29 is 4.74 Å². The van der Waals surface area contributed by atoms with Crippen molar-refractivity contribution in [1.82, 2.24) is 15.1 Å². The molecule has 0 fully saturated rings. The van der Waals surface area contributed by atoms with Gasteiger partial charge in [0, 0.05) is 33.3 Å². The van der Waals surface area contributed by atoms with Gasteiger partial charge in [0.1, 0.15) is 0 Å². The number of hydrogen-bond acceptors (Lipinski definition) is 3. The predicted molar refractivity (Wildman–Crippen MR) is 112 cm³/mol. The molecule has 0 aromatic heterocycles. The van der Waals surface area contributed by atoms with E-state index in [0.29, 0.717) is 6.54 Å². The first-order valence-corrected chi connectivity index (χ1v) is 8.41. The lowest BCUT2D eigenvalue weighted by molar-refractivity contribution is 0.0581. The number of aliphatic imine (C=N–C) groups is 1. The summed E-state index contributed by atoms with van der Waals surface area (Å²) in [6.07, 6.45) is 5.28. The van der Waals surface area contributed by atoms with E-state index in [0.717, 1.165) is 51.5 Å². The van der Waals surface area contributed by atoms with Gasteiger partial charge in [-0.2, -0.15) is 0 Å². The maximum absolute atomic E-state index is 5.81. The molecule has 0 spiro atoms. The van der Waals surface area contributed by atoms with Crippen molar-refractivity contribution in [3.05, 3.63) is 12.7 Å². The normalized spacial score (nSPS) is 12.7. The molecule has 0 aromatic carbocycles. The second-order valence-electron chi connectivity index (χ2n) is 5.72. The molecular formula is C17H37IN4O. The van der Waals surface area contributed by atoms with Gasteiger partial charge in [-0.3, -0.25) is 4.99 Å². The van der Waals surface area contributed by atoms with Crippen LogP contribution in [-0.2, 0) is 4.74 Å². The van der Waals surface area contributed by atoms with Gasteiger partial charge in [0.2, 0.25) is 0 Å². The summed E-state index contributed by atoms with van der Waals surface area (Å²) in [6.45, 7) is 12.2. The lowest BCUT2D eigenvalue weighted by atomic mass is 10.2. The van der Waals surface area contributed by atoms with E-state index in [9.17, 15) is 0 Å². The quantitative estimate of drug-likeness (QED) is 0.167. The average molecular weight is 440 g/mol. The molecule has 0 aromatic rings. The third-order valence-electron chi connectivity index (χ3n) is 3.34. The molecule has 0 heterocycles. The third-order valence-corrected chi connectivity index (χ3v) is 3.34. The number of rotatable bonds is 12. The fraction of sp³-hybridized carbons (Fsp3) is 0.824. The van der Waals surface area contributed by atoms with E-state index < -0.39 is 0 Å². The van der Waals surface area contributed by atoms with Crippen LogP contribution < -0.4 is 5.32 Å². The van der Waals surface area contributed by atoms with Crippen molar-refractivity contribution in [2.45, 2.75) is 39.2 Å². The number of guanidine groups is 1. The van der Waals surface area contributed by atoms with E-state index >= 15 is 0 Å². The van der Waals surface area contributed by atoms with Crippen molar-refractivity contribution in [2.75, 3.05) is 53.9 Å². The molecule has 0 amide bonds. The number of ether oxygens (including phenoxy) is 1. The van der Waals surface area contributed by atoms with E-state index in [1.165, 1.54) is 0 Å². The van der Waals surface area contributed by atoms with Crippen LogP contribution in [0.2, 0.25) is 0 Å². The summed E-state index contributed by atoms with van der Waals surface area (Å²) < 4.78 is 5.81. The minimum atomic E-state index is 0.